The monoisotopic (exact) mass is 357 g/mol. The molecule has 2 aromatic carbocycles. The highest BCUT2D eigenvalue weighted by atomic mass is 79.9. The molecular formula is C16H8BrNO4. The lowest BCUT2D eigenvalue weighted by atomic mass is 10.1. The van der Waals surface area contributed by atoms with Crippen molar-refractivity contribution in [1.82, 2.24) is 0 Å². The summed E-state index contributed by atoms with van der Waals surface area (Å²) in [5.41, 5.74) is 1.31. The number of allylic oxidation sites excluding steroid dienone is 1. The van der Waals surface area contributed by atoms with Crippen molar-refractivity contribution >= 4 is 39.3 Å². The van der Waals surface area contributed by atoms with Crippen LogP contribution in [-0.4, -0.2) is 16.5 Å². The number of fused-ring (bicyclic) bond motifs is 1. The second-order valence-electron chi connectivity index (χ2n) is 4.72. The first kappa shape index (κ1) is 14.3. The third-order valence-electron chi connectivity index (χ3n) is 3.40. The molecule has 0 N–H and O–H groups in total. The molecule has 0 heterocycles. The van der Waals surface area contributed by atoms with Crippen LogP contribution < -0.4 is 0 Å². The zero-order valence-electron chi connectivity index (χ0n) is 11.1. The highest BCUT2D eigenvalue weighted by Crippen LogP contribution is 2.30. The Morgan fingerprint density at radius 1 is 1.00 bits per heavy atom. The number of ketones is 2. The van der Waals surface area contributed by atoms with Gasteiger partial charge in [0.05, 0.1) is 10.5 Å². The number of rotatable bonds is 2. The van der Waals surface area contributed by atoms with Crippen LogP contribution in [0.3, 0.4) is 0 Å². The molecule has 0 bridgehead atoms. The van der Waals surface area contributed by atoms with E-state index in [0.717, 1.165) is 0 Å². The van der Waals surface area contributed by atoms with Crippen molar-refractivity contribution in [1.29, 1.82) is 0 Å². The lowest BCUT2D eigenvalue weighted by Gasteiger charge is -2.00. The van der Waals surface area contributed by atoms with E-state index in [1.54, 1.807) is 24.3 Å². The first-order chi connectivity index (χ1) is 10.5. The van der Waals surface area contributed by atoms with E-state index in [0.29, 0.717) is 21.2 Å². The number of nitro benzene ring substituents is 1. The number of nitro groups is 1. The van der Waals surface area contributed by atoms with Gasteiger partial charge in [-0.25, -0.2) is 0 Å². The fourth-order valence-corrected chi connectivity index (χ4v) is 2.79. The van der Waals surface area contributed by atoms with Gasteiger partial charge in [-0.2, -0.15) is 0 Å². The molecule has 3 rings (SSSR count). The smallest absolute Gasteiger partial charge is 0.270 e. The van der Waals surface area contributed by atoms with Gasteiger partial charge in [0.1, 0.15) is 0 Å². The fourth-order valence-electron chi connectivity index (χ4n) is 2.31. The Hall–Kier alpha value is -2.60. The molecule has 2 aromatic rings. The standard InChI is InChI=1S/C16H8BrNO4/c17-14-8-10(18(21)22)6-5-9(14)7-13-15(19)11-3-1-2-4-12(11)16(13)20/h1-8H. The van der Waals surface area contributed by atoms with Gasteiger partial charge in [0.25, 0.3) is 5.69 Å². The molecule has 22 heavy (non-hydrogen) atoms. The second-order valence-corrected chi connectivity index (χ2v) is 5.58. The van der Waals surface area contributed by atoms with E-state index >= 15 is 0 Å². The Morgan fingerprint density at radius 2 is 1.59 bits per heavy atom. The largest absolute Gasteiger partial charge is 0.288 e. The number of non-ortho nitro benzene ring substituents is 1. The normalized spacial score (nSPS) is 13.2. The minimum absolute atomic E-state index is 0.0655. The number of benzene rings is 2. The van der Waals surface area contributed by atoms with Crippen molar-refractivity contribution in [2.75, 3.05) is 0 Å². The molecular weight excluding hydrogens is 350 g/mol. The fraction of sp³-hybridized carbons (Fsp3) is 0. The Bertz CT molecular complexity index is 833. The lowest BCUT2D eigenvalue weighted by Crippen LogP contribution is -2.00. The third-order valence-corrected chi connectivity index (χ3v) is 4.09. The molecule has 108 valence electrons. The molecule has 0 atom stereocenters. The molecule has 0 spiro atoms. The van der Waals surface area contributed by atoms with Crippen LogP contribution in [0, 0.1) is 10.1 Å². The van der Waals surface area contributed by atoms with Crippen molar-refractivity contribution in [3.63, 3.8) is 0 Å². The van der Waals surface area contributed by atoms with Crippen molar-refractivity contribution in [2.24, 2.45) is 0 Å². The molecule has 5 nitrogen and oxygen atoms in total. The molecule has 0 amide bonds. The highest BCUT2D eigenvalue weighted by Gasteiger charge is 2.32. The molecule has 0 saturated carbocycles. The molecule has 0 fully saturated rings. The minimum atomic E-state index is -0.511. The molecule has 0 saturated heterocycles. The number of nitrogens with zero attached hydrogens (tertiary/aromatic N) is 1. The van der Waals surface area contributed by atoms with Crippen LogP contribution in [0.25, 0.3) is 6.08 Å². The van der Waals surface area contributed by atoms with Crippen molar-refractivity contribution in [2.45, 2.75) is 0 Å². The summed E-state index contributed by atoms with van der Waals surface area (Å²) in [6.07, 6.45) is 1.46. The van der Waals surface area contributed by atoms with E-state index in [9.17, 15) is 19.7 Å². The minimum Gasteiger partial charge on any atom is -0.288 e. The Labute approximate surface area is 133 Å². The van der Waals surface area contributed by atoms with Crippen LogP contribution in [0.15, 0.2) is 52.5 Å². The molecule has 1 aliphatic carbocycles. The predicted molar refractivity (Wildman–Crippen MR) is 83.9 cm³/mol. The summed E-state index contributed by atoms with van der Waals surface area (Å²) in [6, 6.07) is 10.8. The zero-order valence-corrected chi connectivity index (χ0v) is 12.7. The zero-order chi connectivity index (χ0) is 15.9. The Balaban J connectivity index is 2.06. The predicted octanol–water partition coefficient (Wildman–Crippen LogP) is 3.82. The average Bonchev–Trinajstić information content (AvgIpc) is 2.74. The number of Topliss-reactive ketones (excluding diaryl/α,β-unsaturated/α-hetero) is 2. The summed E-state index contributed by atoms with van der Waals surface area (Å²) in [6.45, 7) is 0. The second kappa shape index (κ2) is 5.31. The van der Waals surface area contributed by atoms with Gasteiger partial charge in [0, 0.05) is 27.7 Å². The van der Waals surface area contributed by atoms with Crippen LogP contribution >= 0.6 is 15.9 Å². The van der Waals surface area contributed by atoms with Gasteiger partial charge in [0.2, 0.25) is 0 Å². The maximum atomic E-state index is 12.3. The van der Waals surface area contributed by atoms with E-state index < -0.39 is 4.92 Å². The van der Waals surface area contributed by atoms with Crippen molar-refractivity contribution in [3.8, 4) is 0 Å². The van der Waals surface area contributed by atoms with Gasteiger partial charge in [-0.1, -0.05) is 24.3 Å². The van der Waals surface area contributed by atoms with E-state index in [4.69, 9.17) is 0 Å². The Kier molecular flexibility index (Phi) is 3.46. The maximum Gasteiger partial charge on any atom is 0.270 e. The summed E-state index contributed by atoms with van der Waals surface area (Å²) < 4.78 is 0.450. The van der Waals surface area contributed by atoms with Crippen molar-refractivity contribution in [3.05, 3.63) is 79.3 Å². The number of carbonyl (C=O) groups is 2. The van der Waals surface area contributed by atoms with Crippen LogP contribution in [0.4, 0.5) is 5.69 Å². The number of hydrogen-bond acceptors (Lipinski definition) is 4. The van der Waals surface area contributed by atoms with E-state index in [2.05, 4.69) is 15.9 Å². The summed E-state index contributed by atoms with van der Waals surface area (Å²) in [5.74, 6) is -0.656. The molecule has 0 aromatic heterocycles. The summed E-state index contributed by atoms with van der Waals surface area (Å²) in [5, 5.41) is 10.7. The molecule has 0 unspecified atom stereocenters. The average molecular weight is 358 g/mol. The number of carbonyl (C=O) groups excluding carboxylic acids is 2. The Morgan fingerprint density at radius 3 is 2.09 bits per heavy atom. The van der Waals surface area contributed by atoms with Crippen LogP contribution in [0.5, 0.6) is 0 Å². The third kappa shape index (κ3) is 2.27. The number of halogens is 1. The molecule has 1 aliphatic rings. The maximum absolute atomic E-state index is 12.3. The summed E-state index contributed by atoms with van der Waals surface area (Å²) >= 11 is 3.23. The van der Waals surface area contributed by atoms with Gasteiger partial charge in [0.15, 0.2) is 11.6 Å². The summed E-state index contributed by atoms with van der Waals surface area (Å²) in [4.78, 5) is 34.8. The van der Waals surface area contributed by atoms with E-state index in [1.807, 2.05) is 0 Å². The van der Waals surface area contributed by atoms with E-state index in [-0.39, 0.29) is 22.8 Å². The van der Waals surface area contributed by atoms with Gasteiger partial charge >= 0.3 is 0 Å². The summed E-state index contributed by atoms with van der Waals surface area (Å²) in [7, 11) is 0. The molecule has 6 heteroatoms. The van der Waals surface area contributed by atoms with Gasteiger partial charge in [-0.05, 0) is 33.6 Å². The SMILES string of the molecule is O=C1C(=Cc2ccc([N+](=O)[O-])cc2Br)C(=O)c2ccccc21. The van der Waals surface area contributed by atoms with Gasteiger partial charge < -0.3 is 0 Å². The number of hydrogen-bond donors (Lipinski definition) is 0. The highest BCUT2D eigenvalue weighted by molar-refractivity contribution is 9.10. The first-order valence-corrected chi connectivity index (χ1v) is 7.12. The van der Waals surface area contributed by atoms with Gasteiger partial charge in [-0.3, -0.25) is 19.7 Å². The first-order valence-electron chi connectivity index (χ1n) is 6.33. The van der Waals surface area contributed by atoms with E-state index in [1.165, 1.54) is 24.3 Å². The molecule has 0 radical (unpaired) electrons. The van der Waals surface area contributed by atoms with Crippen molar-refractivity contribution < 1.29 is 14.5 Å². The van der Waals surface area contributed by atoms with Gasteiger partial charge in [-0.15, -0.1) is 0 Å². The van der Waals surface area contributed by atoms with Crippen LogP contribution in [0.2, 0.25) is 0 Å². The quantitative estimate of drug-likeness (QED) is 0.354. The van der Waals surface area contributed by atoms with Crippen LogP contribution in [-0.2, 0) is 0 Å². The molecule has 0 aliphatic heterocycles. The topological polar surface area (TPSA) is 77.3 Å². The lowest BCUT2D eigenvalue weighted by molar-refractivity contribution is -0.384. The van der Waals surface area contributed by atoms with Crippen LogP contribution in [0.1, 0.15) is 26.3 Å².